The van der Waals surface area contributed by atoms with E-state index in [0.29, 0.717) is 16.2 Å². The first-order valence-electron chi connectivity index (χ1n) is 7.23. The molecule has 0 bridgehead atoms. The summed E-state index contributed by atoms with van der Waals surface area (Å²) < 4.78 is 0. The molecule has 0 atom stereocenters. The standard InChI is InChI=1S/C16H17ClN4O/c1-3-20(4-2)12-6-8-15(16(22)10-12)21-18-13-7-5-11(17)9-14(13)19-21/h5-10,22H,3-4H2,1-2H3. The van der Waals surface area contributed by atoms with Crippen LogP contribution in [0.25, 0.3) is 16.7 Å². The van der Waals surface area contributed by atoms with Crippen LogP contribution in [0.4, 0.5) is 5.69 Å². The molecule has 0 radical (unpaired) electrons. The summed E-state index contributed by atoms with van der Waals surface area (Å²) in [5, 5.41) is 19.7. The highest BCUT2D eigenvalue weighted by atomic mass is 35.5. The highest BCUT2D eigenvalue weighted by Gasteiger charge is 2.11. The molecular weight excluding hydrogens is 300 g/mol. The summed E-state index contributed by atoms with van der Waals surface area (Å²) in [5.41, 5.74) is 2.95. The number of aromatic nitrogens is 3. The molecule has 0 saturated carbocycles. The predicted molar refractivity (Wildman–Crippen MR) is 89.1 cm³/mol. The van der Waals surface area contributed by atoms with Crippen LogP contribution in [0.2, 0.25) is 5.02 Å². The molecule has 114 valence electrons. The monoisotopic (exact) mass is 316 g/mol. The third-order valence-electron chi connectivity index (χ3n) is 3.65. The molecule has 2 aromatic carbocycles. The van der Waals surface area contributed by atoms with Gasteiger partial charge in [0.25, 0.3) is 0 Å². The Morgan fingerprint density at radius 1 is 1.05 bits per heavy atom. The smallest absolute Gasteiger partial charge is 0.145 e. The number of hydrogen-bond acceptors (Lipinski definition) is 4. The number of benzene rings is 2. The molecule has 0 unspecified atom stereocenters. The van der Waals surface area contributed by atoms with Crippen molar-refractivity contribution in [3.05, 3.63) is 41.4 Å². The van der Waals surface area contributed by atoms with Crippen LogP contribution in [0.15, 0.2) is 36.4 Å². The Labute approximate surface area is 133 Å². The number of rotatable bonds is 4. The fraction of sp³-hybridized carbons (Fsp3) is 0.250. The number of aromatic hydroxyl groups is 1. The van der Waals surface area contributed by atoms with Gasteiger partial charge in [-0.2, -0.15) is 0 Å². The van der Waals surface area contributed by atoms with Gasteiger partial charge < -0.3 is 10.0 Å². The van der Waals surface area contributed by atoms with Crippen LogP contribution >= 0.6 is 11.6 Å². The summed E-state index contributed by atoms with van der Waals surface area (Å²) >= 11 is 5.96. The lowest BCUT2D eigenvalue weighted by atomic mass is 10.2. The zero-order chi connectivity index (χ0) is 15.7. The molecule has 0 fully saturated rings. The second-order valence-corrected chi connectivity index (χ2v) is 5.40. The van der Waals surface area contributed by atoms with Crippen molar-refractivity contribution in [2.75, 3.05) is 18.0 Å². The highest BCUT2D eigenvalue weighted by molar-refractivity contribution is 6.31. The van der Waals surface area contributed by atoms with Gasteiger partial charge in [-0.05, 0) is 44.2 Å². The zero-order valence-electron chi connectivity index (χ0n) is 12.5. The van der Waals surface area contributed by atoms with Gasteiger partial charge in [0.1, 0.15) is 22.5 Å². The van der Waals surface area contributed by atoms with Gasteiger partial charge in [0.05, 0.1) is 0 Å². The Morgan fingerprint density at radius 3 is 2.45 bits per heavy atom. The fourth-order valence-corrected chi connectivity index (χ4v) is 2.63. The number of phenols is 1. The normalized spacial score (nSPS) is 11.0. The van der Waals surface area contributed by atoms with Crippen molar-refractivity contribution in [2.45, 2.75) is 13.8 Å². The van der Waals surface area contributed by atoms with Crippen LogP contribution < -0.4 is 4.90 Å². The van der Waals surface area contributed by atoms with E-state index < -0.39 is 0 Å². The van der Waals surface area contributed by atoms with Crippen LogP contribution in [0.5, 0.6) is 5.75 Å². The van der Waals surface area contributed by atoms with Crippen molar-refractivity contribution in [3.63, 3.8) is 0 Å². The molecule has 1 N–H and O–H groups in total. The van der Waals surface area contributed by atoms with Crippen molar-refractivity contribution in [1.29, 1.82) is 0 Å². The lowest BCUT2D eigenvalue weighted by Gasteiger charge is -2.21. The number of anilines is 1. The van der Waals surface area contributed by atoms with Crippen molar-refractivity contribution >= 4 is 28.3 Å². The van der Waals surface area contributed by atoms with E-state index in [1.807, 2.05) is 18.2 Å². The van der Waals surface area contributed by atoms with Crippen molar-refractivity contribution in [1.82, 2.24) is 15.0 Å². The van der Waals surface area contributed by atoms with Gasteiger partial charge >= 0.3 is 0 Å². The van der Waals surface area contributed by atoms with Crippen molar-refractivity contribution in [2.24, 2.45) is 0 Å². The van der Waals surface area contributed by atoms with Gasteiger partial charge in [0.15, 0.2) is 0 Å². The topological polar surface area (TPSA) is 54.2 Å². The molecule has 0 aliphatic rings. The molecule has 0 aliphatic heterocycles. The predicted octanol–water partition coefficient (Wildman–Crippen LogP) is 3.63. The number of fused-ring (bicyclic) bond motifs is 1. The molecule has 1 heterocycles. The molecule has 0 saturated heterocycles. The summed E-state index contributed by atoms with van der Waals surface area (Å²) in [7, 11) is 0. The summed E-state index contributed by atoms with van der Waals surface area (Å²) in [6.07, 6.45) is 0. The van der Waals surface area contributed by atoms with E-state index in [4.69, 9.17) is 11.6 Å². The lowest BCUT2D eigenvalue weighted by molar-refractivity contribution is 0.467. The summed E-state index contributed by atoms with van der Waals surface area (Å²) in [4.78, 5) is 3.60. The molecule has 0 amide bonds. The van der Waals surface area contributed by atoms with Crippen LogP contribution in [0, 0.1) is 0 Å². The number of hydrogen-bond donors (Lipinski definition) is 1. The summed E-state index contributed by atoms with van der Waals surface area (Å²) in [5.74, 6) is 0.149. The van der Waals surface area contributed by atoms with E-state index in [2.05, 4.69) is 28.9 Å². The average molecular weight is 317 g/mol. The number of halogens is 1. The van der Waals surface area contributed by atoms with Crippen LogP contribution in [0.3, 0.4) is 0 Å². The minimum Gasteiger partial charge on any atom is -0.506 e. The Morgan fingerprint density at radius 2 is 1.77 bits per heavy atom. The zero-order valence-corrected chi connectivity index (χ0v) is 13.2. The average Bonchev–Trinajstić information content (AvgIpc) is 2.91. The van der Waals surface area contributed by atoms with E-state index in [1.54, 1.807) is 18.2 Å². The second kappa shape index (κ2) is 5.85. The van der Waals surface area contributed by atoms with Gasteiger partial charge in [-0.25, -0.2) is 0 Å². The van der Waals surface area contributed by atoms with E-state index in [-0.39, 0.29) is 5.75 Å². The summed E-state index contributed by atoms with van der Waals surface area (Å²) in [6, 6.07) is 10.9. The van der Waals surface area contributed by atoms with Gasteiger partial charge in [-0.1, -0.05) is 11.6 Å². The first-order chi connectivity index (χ1) is 10.6. The molecule has 3 rings (SSSR count). The molecule has 5 nitrogen and oxygen atoms in total. The van der Waals surface area contributed by atoms with Gasteiger partial charge in [0, 0.05) is 29.9 Å². The molecule has 0 aliphatic carbocycles. The molecule has 1 aromatic heterocycles. The van der Waals surface area contributed by atoms with Crippen LogP contribution in [0.1, 0.15) is 13.8 Å². The Balaban J connectivity index is 2.03. The lowest BCUT2D eigenvalue weighted by Crippen LogP contribution is -2.21. The van der Waals surface area contributed by atoms with Crippen LogP contribution in [-0.4, -0.2) is 33.2 Å². The van der Waals surface area contributed by atoms with E-state index in [9.17, 15) is 5.11 Å². The highest BCUT2D eigenvalue weighted by Crippen LogP contribution is 2.27. The van der Waals surface area contributed by atoms with E-state index >= 15 is 0 Å². The Hall–Kier alpha value is -2.27. The van der Waals surface area contributed by atoms with E-state index in [1.165, 1.54) is 4.80 Å². The quantitative estimate of drug-likeness (QED) is 0.798. The molecule has 22 heavy (non-hydrogen) atoms. The van der Waals surface area contributed by atoms with Gasteiger partial charge in [-0.15, -0.1) is 15.0 Å². The Kier molecular flexibility index (Phi) is 3.90. The van der Waals surface area contributed by atoms with Crippen LogP contribution in [-0.2, 0) is 0 Å². The second-order valence-electron chi connectivity index (χ2n) is 4.97. The van der Waals surface area contributed by atoms with Gasteiger partial charge in [-0.3, -0.25) is 0 Å². The molecule has 3 aromatic rings. The van der Waals surface area contributed by atoms with E-state index in [0.717, 1.165) is 24.3 Å². The SMILES string of the molecule is CCN(CC)c1ccc(-n2nc3ccc(Cl)cc3n2)c(O)c1. The first kappa shape index (κ1) is 14.7. The maximum atomic E-state index is 10.3. The van der Waals surface area contributed by atoms with Crippen molar-refractivity contribution in [3.8, 4) is 11.4 Å². The van der Waals surface area contributed by atoms with Crippen molar-refractivity contribution < 1.29 is 5.11 Å². The molecular formula is C16H17ClN4O. The fourth-order valence-electron chi connectivity index (χ4n) is 2.46. The van der Waals surface area contributed by atoms with Gasteiger partial charge in [0.2, 0.25) is 0 Å². The minimum absolute atomic E-state index is 0.149. The summed E-state index contributed by atoms with van der Waals surface area (Å²) in [6.45, 7) is 5.94. The number of phenolic OH excluding ortho intramolecular Hbond substituents is 1. The third-order valence-corrected chi connectivity index (χ3v) is 3.88. The minimum atomic E-state index is 0.149. The molecule has 6 heteroatoms. The largest absolute Gasteiger partial charge is 0.506 e. The first-order valence-corrected chi connectivity index (χ1v) is 7.61. The number of nitrogens with zero attached hydrogens (tertiary/aromatic N) is 4. The maximum Gasteiger partial charge on any atom is 0.145 e. The Bertz CT molecular complexity index is 811. The maximum absolute atomic E-state index is 10.3. The molecule has 0 spiro atoms. The third kappa shape index (κ3) is 2.60.